The number of carbonyl (C=O) groups excluding carboxylic acids is 1. The Balaban J connectivity index is 1.70. The summed E-state index contributed by atoms with van der Waals surface area (Å²) in [5.41, 5.74) is 3.06. The van der Waals surface area contributed by atoms with Crippen LogP contribution >= 0.6 is 27.7 Å². The van der Waals surface area contributed by atoms with Gasteiger partial charge in [-0.1, -0.05) is 66.2 Å². The van der Waals surface area contributed by atoms with E-state index >= 15 is 0 Å². The van der Waals surface area contributed by atoms with Crippen LogP contribution in [0.1, 0.15) is 57.7 Å². The third-order valence-electron chi connectivity index (χ3n) is 5.95. The van der Waals surface area contributed by atoms with E-state index in [-0.39, 0.29) is 5.97 Å². The number of hydrogen-bond donors (Lipinski definition) is 1. The first-order valence-electron chi connectivity index (χ1n) is 12.8. The summed E-state index contributed by atoms with van der Waals surface area (Å²) >= 11 is 5.01. The van der Waals surface area contributed by atoms with E-state index in [9.17, 15) is 4.79 Å². The lowest BCUT2D eigenvalue weighted by Gasteiger charge is -2.28. The molecule has 202 valence electrons. The fourth-order valence-corrected chi connectivity index (χ4v) is 4.92. The standard InChI is InChI=1S/C28H33BrN4O4S/c1-5-8-15-36-26(34)24-18(4)30-27-31-28(38-7-3)32-33(27)25(24)20-11-14-22(23(16-20)35-6-2)37-17-19-9-12-21(29)13-10-19/h9-14,16,25H,5-8,15,17H2,1-4H3,(H,30,31,32). The van der Waals surface area contributed by atoms with Gasteiger partial charge in [-0.25, -0.2) is 9.48 Å². The highest BCUT2D eigenvalue weighted by Gasteiger charge is 2.35. The molecule has 1 aliphatic heterocycles. The minimum Gasteiger partial charge on any atom is -0.490 e. The van der Waals surface area contributed by atoms with Gasteiger partial charge in [-0.15, -0.1) is 5.10 Å². The largest absolute Gasteiger partial charge is 0.490 e. The summed E-state index contributed by atoms with van der Waals surface area (Å²) in [6.07, 6.45) is 1.75. The number of aromatic nitrogens is 3. The van der Waals surface area contributed by atoms with Crippen LogP contribution in [-0.4, -0.2) is 39.7 Å². The van der Waals surface area contributed by atoms with Gasteiger partial charge >= 0.3 is 5.97 Å². The number of thioether (sulfide) groups is 1. The number of benzene rings is 2. The molecule has 1 aliphatic rings. The number of allylic oxidation sites excluding steroid dienone is 1. The molecule has 38 heavy (non-hydrogen) atoms. The summed E-state index contributed by atoms with van der Waals surface area (Å²) in [6.45, 7) is 9.15. The Morgan fingerprint density at radius 1 is 1.11 bits per heavy atom. The van der Waals surface area contributed by atoms with Crippen LogP contribution in [0.15, 0.2) is 63.4 Å². The number of nitrogens with zero attached hydrogens (tertiary/aromatic N) is 3. The lowest BCUT2D eigenvalue weighted by Crippen LogP contribution is -2.30. The molecule has 10 heteroatoms. The molecule has 0 saturated carbocycles. The van der Waals surface area contributed by atoms with Gasteiger partial charge in [0.15, 0.2) is 11.5 Å². The second-order valence-corrected chi connectivity index (χ2v) is 10.9. The number of nitrogens with one attached hydrogen (secondary N) is 1. The van der Waals surface area contributed by atoms with Crippen molar-refractivity contribution >= 4 is 39.6 Å². The topological polar surface area (TPSA) is 87.5 Å². The van der Waals surface area contributed by atoms with Gasteiger partial charge in [-0.05, 0) is 61.4 Å². The van der Waals surface area contributed by atoms with Crippen LogP contribution in [-0.2, 0) is 16.1 Å². The first-order chi connectivity index (χ1) is 18.4. The van der Waals surface area contributed by atoms with Crippen LogP contribution in [0.3, 0.4) is 0 Å². The Morgan fingerprint density at radius 2 is 1.89 bits per heavy atom. The predicted octanol–water partition coefficient (Wildman–Crippen LogP) is 6.76. The molecular formula is C28H33BrN4O4S. The van der Waals surface area contributed by atoms with E-state index in [1.165, 1.54) is 0 Å². The van der Waals surface area contributed by atoms with Crippen molar-refractivity contribution in [2.45, 2.75) is 58.3 Å². The van der Waals surface area contributed by atoms with Crippen LogP contribution in [0.25, 0.3) is 0 Å². The van der Waals surface area contributed by atoms with Gasteiger partial charge in [0.1, 0.15) is 12.6 Å². The van der Waals surface area contributed by atoms with Crippen LogP contribution in [0, 0.1) is 0 Å². The maximum absolute atomic E-state index is 13.3. The van der Waals surface area contributed by atoms with Crippen LogP contribution in [0.4, 0.5) is 5.95 Å². The Kier molecular flexibility index (Phi) is 9.74. The van der Waals surface area contributed by atoms with E-state index in [1.807, 2.05) is 56.3 Å². The van der Waals surface area contributed by atoms with Gasteiger partial charge in [0.2, 0.25) is 11.1 Å². The Labute approximate surface area is 236 Å². The molecule has 2 heterocycles. The fraction of sp³-hybridized carbons (Fsp3) is 0.393. The molecule has 0 bridgehead atoms. The second-order valence-electron chi connectivity index (χ2n) is 8.71. The van der Waals surface area contributed by atoms with Crippen LogP contribution < -0.4 is 14.8 Å². The molecule has 1 atom stereocenters. The summed E-state index contributed by atoms with van der Waals surface area (Å²) in [7, 11) is 0. The van der Waals surface area contributed by atoms with Crippen molar-refractivity contribution in [1.82, 2.24) is 14.8 Å². The van der Waals surface area contributed by atoms with E-state index in [4.69, 9.17) is 19.3 Å². The maximum Gasteiger partial charge on any atom is 0.338 e. The van der Waals surface area contributed by atoms with Crippen molar-refractivity contribution in [2.24, 2.45) is 0 Å². The van der Waals surface area contributed by atoms with Gasteiger partial charge in [-0.2, -0.15) is 4.98 Å². The lowest BCUT2D eigenvalue weighted by atomic mass is 9.95. The molecule has 3 aromatic rings. The SMILES string of the molecule is CCCCOC(=O)C1=C(C)Nc2nc(SCC)nn2C1c1ccc(OCc2ccc(Br)cc2)c(OCC)c1. The predicted molar refractivity (Wildman–Crippen MR) is 153 cm³/mol. The molecule has 1 aromatic heterocycles. The van der Waals surface area contributed by atoms with Crippen molar-refractivity contribution in [3.05, 3.63) is 69.3 Å². The molecule has 0 amide bonds. The molecule has 1 N–H and O–H groups in total. The summed E-state index contributed by atoms with van der Waals surface area (Å²) in [6, 6.07) is 13.2. The first kappa shape index (κ1) is 28.0. The monoisotopic (exact) mass is 600 g/mol. The van der Waals surface area contributed by atoms with E-state index in [1.54, 1.807) is 16.4 Å². The molecule has 1 unspecified atom stereocenters. The molecule has 4 rings (SSSR count). The number of carbonyl (C=O) groups is 1. The first-order valence-corrected chi connectivity index (χ1v) is 14.6. The Morgan fingerprint density at radius 3 is 2.61 bits per heavy atom. The second kappa shape index (κ2) is 13.2. The molecular weight excluding hydrogens is 568 g/mol. The van der Waals surface area contributed by atoms with Gasteiger partial charge in [0.25, 0.3) is 0 Å². The molecule has 8 nitrogen and oxygen atoms in total. The zero-order valence-corrected chi connectivity index (χ0v) is 24.5. The Bertz CT molecular complexity index is 1290. The highest BCUT2D eigenvalue weighted by molar-refractivity contribution is 9.10. The van der Waals surface area contributed by atoms with Gasteiger partial charge in [0, 0.05) is 10.2 Å². The van der Waals surface area contributed by atoms with Crippen molar-refractivity contribution in [3.63, 3.8) is 0 Å². The Hall–Kier alpha value is -2.98. The average Bonchev–Trinajstić information content (AvgIpc) is 3.30. The molecule has 0 saturated heterocycles. The number of rotatable bonds is 12. The van der Waals surface area contributed by atoms with Crippen LogP contribution in [0.2, 0.25) is 0 Å². The number of anilines is 1. The number of halogens is 1. The van der Waals surface area contributed by atoms with E-state index in [0.29, 0.717) is 53.7 Å². The van der Waals surface area contributed by atoms with Crippen LogP contribution in [0.5, 0.6) is 11.5 Å². The van der Waals surface area contributed by atoms with Crippen molar-refractivity contribution in [1.29, 1.82) is 0 Å². The highest BCUT2D eigenvalue weighted by Crippen LogP contribution is 2.40. The number of unbranched alkanes of at least 4 members (excludes halogenated alkanes) is 1. The van der Waals surface area contributed by atoms with Gasteiger partial charge in [-0.3, -0.25) is 0 Å². The van der Waals surface area contributed by atoms with Crippen molar-refractivity contribution in [2.75, 3.05) is 24.3 Å². The molecule has 0 radical (unpaired) electrons. The van der Waals surface area contributed by atoms with Crippen molar-refractivity contribution in [3.8, 4) is 11.5 Å². The van der Waals surface area contributed by atoms with E-state index in [2.05, 4.69) is 40.1 Å². The fourth-order valence-electron chi connectivity index (χ4n) is 4.11. The number of esters is 1. The summed E-state index contributed by atoms with van der Waals surface area (Å²) in [5, 5.41) is 8.63. The smallest absolute Gasteiger partial charge is 0.338 e. The third-order valence-corrected chi connectivity index (χ3v) is 7.20. The summed E-state index contributed by atoms with van der Waals surface area (Å²) in [4.78, 5) is 18.0. The molecule has 0 fully saturated rings. The zero-order chi connectivity index (χ0) is 27.1. The molecule has 2 aromatic carbocycles. The lowest BCUT2D eigenvalue weighted by molar-refractivity contribution is -0.139. The minimum absolute atomic E-state index is 0.368. The van der Waals surface area contributed by atoms with E-state index < -0.39 is 6.04 Å². The maximum atomic E-state index is 13.3. The quantitative estimate of drug-likeness (QED) is 0.138. The number of ether oxygens (including phenoxy) is 3. The van der Waals surface area contributed by atoms with Gasteiger partial charge < -0.3 is 19.5 Å². The molecule has 0 aliphatic carbocycles. The summed E-state index contributed by atoms with van der Waals surface area (Å²) in [5.74, 6) is 2.28. The number of hydrogen-bond acceptors (Lipinski definition) is 8. The minimum atomic E-state index is -0.529. The van der Waals surface area contributed by atoms with E-state index in [0.717, 1.165) is 34.2 Å². The normalized spacial score (nSPS) is 14.6. The highest BCUT2D eigenvalue weighted by atomic mass is 79.9. The van der Waals surface area contributed by atoms with Crippen molar-refractivity contribution < 1.29 is 19.0 Å². The molecule has 0 spiro atoms. The third kappa shape index (κ3) is 6.53. The van der Waals surface area contributed by atoms with Gasteiger partial charge in [0.05, 0.1) is 18.8 Å². The zero-order valence-electron chi connectivity index (χ0n) is 22.1. The summed E-state index contributed by atoms with van der Waals surface area (Å²) < 4.78 is 20.5. The number of fused-ring (bicyclic) bond motifs is 1. The average molecular weight is 602 g/mol.